The summed E-state index contributed by atoms with van der Waals surface area (Å²) in [5.74, 6) is -0.0293. The minimum Gasteiger partial charge on any atom is -0.449 e. The maximum absolute atomic E-state index is 13.8. The molecule has 1 N–H and O–H groups in total. The molecule has 6 nitrogen and oxygen atoms in total. The molecule has 4 aromatic carbocycles. The zero-order valence-electron chi connectivity index (χ0n) is 26.9. The molecule has 0 spiro atoms. The summed E-state index contributed by atoms with van der Waals surface area (Å²) in [6, 6.07) is 31.5. The van der Waals surface area contributed by atoms with Gasteiger partial charge in [-0.05, 0) is 34.6 Å². The summed E-state index contributed by atoms with van der Waals surface area (Å²) in [5.41, 5.74) is 4.00. The van der Waals surface area contributed by atoms with Gasteiger partial charge in [-0.25, -0.2) is 4.79 Å². The minimum absolute atomic E-state index is 0.0259. The molecule has 2 aliphatic carbocycles. The number of benzene rings is 4. The normalized spacial score (nSPS) is 19.5. The van der Waals surface area contributed by atoms with Crippen LogP contribution in [0.5, 0.6) is 0 Å². The third-order valence-corrected chi connectivity index (χ3v) is 9.66. The van der Waals surface area contributed by atoms with Crippen molar-refractivity contribution in [3.05, 3.63) is 166 Å². The van der Waals surface area contributed by atoms with Crippen LogP contribution in [0.15, 0.2) is 127 Å². The SMILES string of the molecule is CC(C)c1ccc(C(OC(=O)CC(C=O)NC(=O)OCC2c3ccccc3C3C=CC=CC32)(c2ccccc2)c2ccccc2Cl)cc1. The van der Waals surface area contributed by atoms with E-state index in [1.807, 2.05) is 97.1 Å². The third kappa shape index (κ3) is 6.58. The lowest BCUT2D eigenvalue weighted by Gasteiger charge is -2.36. The predicted octanol–water partition coefficient (Wildman–Crippen LogP) is 8.61. The number of carbonyl (C=O) groups excluding carboxylic acids is 3. The lowest BCUT2D eigenvalue weighted by molar-refractivity contribution is -0.154. The molecule has 5 unspecified atom stereocenters. The lowest BCUT2D eigenvalue weighted by atomic mass is 9.79. The second kappa shape index (κ2) is 14.4. The number of aldehydes is 1. The molecule has 5 atom stereocenters. The van der Waals surface area contributed by atoms with E-state index in [0.29, 0.717) is 33.9 Å². The largest absolute Gasteiger partial charge is 0.449 e. The van der Waals surface area contributed by atoms with Gasteiger partial charge in [-0.15, -0.1) is 0 Å². The molecule has 0 radical (unpaired) electrons. The molecule has 0 saturated carbocycles. The number of carbonyl (C=O) groups is 3. The Morgan fingerprint density at radius 1 is 0.833 bits per heavy atom. The Balaban J connectivity index is 1.22. The first-order chi connectivity index (χ1) is 23.3. The molecule has 48 heavy (non-hydrogen) atoms. The number of ether oxygens (including phenoxy) is 2. The maximum atomic E-state index is 13.8. The van der Waals surface area contributed by atoms with E-state index in [1.54, 1.807) is 6.07 Å². The molecule has 2 aliphatic rings. The second-order valence-electron chi connectivity index (χ2n) is 12.6. The van der Waals surface area contributed by atoms with Crippen LogP contribution in [-0.2, 0) is 24.7 Å². The summed E-state index contributed by atoms with van der Waals surface area (Å²) in [7, 11) is 0. The van der Waals surface area contributed by atoms with E-state index in [2.05, 4.69) is 43.4 Å². The molecule has 0 fully saturated rings. The van der Waals surface area contributed by atoms with Crippen LogP contribution in [0.1, 0.15) is 71.4 Å². The van der Waals surface area contributed by atoms with Gasteiger partial charge in [-0.2, -0.15) is 0 Å². The molecule has 1 amide bonds. The first-order valence-electron chi connectivity index (χ1n) is 16.3. The Bertz CT molecular complexity index is 1830. The van der Waals surface area contributed by atoms with Gasteiger partial charge in [0.15, 0.2) is 5.60 Å². The molecule has 7 heteroatoms. The summed E-state index contributed by atoms with van der Waals surface area (Å²) in [6.07, 6.45) is 7.72. The van der Waals surface area contributed by atoms with Crippen LogP contribution in [0.2, 0.25) is 5.02 Å². The van der Waals surface area contributed by atoms with Gasteiger partial charge in [-0.1, -0.05) is 147 Å². The summed E-state index contributed by atoms with van der Waals surface area (Å²) in [6.45, 7) is 4.35. The van der Waals surface area contributed by atoms with Crippen LogP contribution < -0.4 is 5.32 Å². The standard InChI is InChI=1S/C41H38ClNO5/c1-27(2)28-20-22-30(23-21-28)41(29-12-4-3-5-13-29,37-18-10-11-19-38(37)42)48-39(45)24-31(25-44)43-40(46)47-26-36-34-16-8-6-14-32(34)33-15-7-9-17-35(33)36/h3-23,25,27,31-32,34,36H,24,26H2,1-2H3,(H,43,46). The fourth-order valence-electron chi connectivity index (χ4n) is 6.94. The van der Waals surface area contributed by atoms with Gasteiger partial charge in [0.2, 0.25) is 0 Å². The van der Waals surface area contributed by atoms with Gasteiger partial charge in [-0.3, -0.25) is 4.79 Å². The van der Waals surface area contributed by atoms with Gasteiger partial charge in [0.25, 0.3) is 0 Å². The first kappa shape index (κ1) is 33.0. The summed E-state index contributed by atoms with van der Waals surface area (Å²) < 4.78 is 12.1. The molecule has 0 saturated heterocycles. The predicted molar refractivity (Wildman–Crippen MR) is 187 cm³/mol. The topological polar surface area (TPSA) is 81.7 Å². The summed E-state index contributed by atoms with van der Waals surface area (Å²) in [5, 5.41) is 2.98. The number of halogens is 1. The van der Waals surface area contributed by atoms with Crippen molar-refractivity contribution in [1.82, 2.24) is 5.32 Å². The van der Waals surface area contributed by atoms with E-state index in [9.17, 15) is 14.4 Å². The number of fused-ring (bicyclic) bond motifs is 3. The van der Waals surface area contributed by atoms with Crippen LogP contribution in [0.3, 0.4) is 0 Å². The first-order valence-corrected chi connectivity index (χ1v) is 16.6. The van der Waals surface area contributed by atoms with E-state index in [1.165, 1.54) is 5.56 Å². The van der Waals surface area contributed by atoms with E-state index >= 15 is 0 Å². The van der Waals surface area contributed by atoms with Crippen molar-refractivity contribution >= 4 is 29.9 Å². The van der Waals surface area contributed by atoms with Crippen LogP contribution >= 0.6 is 11.6 Å². The van der Waals surface area contributed by atoms with Gasteiger partial charge >= 0.3 is 12.1 Å². The Labute approximate surface area is 286 Å². The fraction of sp³-hybridized carbons (Fsp3) is 0.244. The summed E-state index contributed by atoms with van der Waals surface area (Å²) >= 11 is 6.81. The second-order valence-corrected chi connectivity index (χ2v) is 13.0. The quantitative estimate of drug-likeness (QED) is 0.0991. The van der Waals surface area contributed by atoms with Crippen molar-refractivity contribution in [1.29, 1.82) is 0 Å². The van der Waals surface area contributed by atoms with Gasteiger partial charge < -0.3 is 19.6 Å². The molecule has 0 heterocycles. The zero-order valence-corrected chi connectivity index (χ0v) is 27.7. The Kier molecular flexibility index (Phi) is 9.93. The van der Waals surface area contributed by atoms with E-state index in [0.717, 1.165) is 11.1 Å². The molecule has 0 bridgehead atoms. The van der Waals surface area contributed by atoms with Crippen LogP contribution in [-0.4, -0.2) is 31.0 Å². The molecule has 4 aromatic rings. The van der Waals surface area contributed by atoms with Crippen LogP contribution in [0.4, 0.5) is 4.79 Å². The average Bonchev–Trinajstić information content (AvgIpc) is 3.43. The molecule has 0 aromatic heterocycles. The van der Waals surface area contributed by atoms with E-state index < -0.39 is 30.1 Å². The molecular weight excluding hydrogens is 622 g/mol. The number of allylic oxidation sites excluding steroid dienone is 4. The Hall–Kier alpha value is -4.94. The smallest absolute Gasteiger partial charge is 0.407 e. The number of nitrogens with one attached hydrogen (secondary N) is 1. The van der Waals surface area contributed by atoms with Crippen molar-refractivity contribution in [2.24, 2.45) is 5.92 Å². The minimum atomic E-state index is -1.44. The van der Waals surface area contributed by atoms with Crippen molar-refractivity contribution < 1.29 is 23.9 Å². The monoisotopic (exact) mass is 659 g/mol. The average molecular weight is 660 g/mol. The van der Waals surface area contributed by atoms with E-state index in [-0.39, 0.29) is 24.4 Å². The highest BCUT2D eigenvalue weighted by Gasteiger charge is 2.43. The van der Waals surface area contributed by atoms with Crippen molar-refractivity contribution in [3.63, 3.8) is 0 Å². The van der Waals surface area contributed by atoms with Crippen LogP contribution in [0.25, 0.3) is 0 Å². The fourth-order valence-corrected chi connectivity index (χ4v) is 7.21. The van der Waals surface area contributed by atoms with Crippen molar-refractivity contribution in [2.75, 3.05) is 6.61 Å². The van der Waals surface area contributed by atoms with Crippen molar-refractivity contribution in [3.8, 4) is 0 Å². The third-order valence-electron chi connectivity index (χ3n) is 9.33. The highest BCUT2D eigenvalue weighted by molar-refractivity contribution is 6.31. The highest BCUT2D eigenvalue weighted by Crippen LogP contribution is 2.49. The Morgan fingerprint density at radius 2 is 1.48 bits per heavy atom. The van der Waals surface area contributed by atoms with Gasteiger partial charge in [0.05, 0.1) is 12.5 Å². The van der Waals surface area contributed by atoms with Gasteiger partial charge in [0.1, 0.15) is 12.9 Å². The summed E-state index contributed by atoms with van der Waals surface area (Å²) in [4.78, 5) is 39.1. The number of rotatable bonds is 11. The number of hydrogen-bond donors (Lipinski definition) is 1. The number of esters is 1. The van der Waals surface area contributed by atoms with Gasteiger partial charge in [0, 0.05) is 33.5 Å². The molecule has 0 aliphatic heterocycles. The number of hydrogen-bond acceptors (Lipinski definition) is 5. The molecular formula is C41H38ClNO5. The molecule has 244 valence electrons. The lowest BCUT2D eigenvalue weighted by Crippen LogP contribution is -2.41. The number of alkyl carbamates (subject to hydrolysis) is 1. The van der Waals surface area contributed by atoms with Crippen LogP contribution in [0, 0.1) is 5.92 Å². The maximum Gasteiger partial charge on any atom is 0.407 e. The molecule has 6 rings (SSSR count). The van der Waals surface area contributed by atoms with Crippen molar-refractivity contribution in [2.45, 2.75) is 49.7 Å². The number of amides is 1. The zero-order chi connectivity index (χ0) is 33.7. The highest BCUT2D eigenvalue weighted by atomic mass is 35.5. The Morgan fingerprint density at radius 3 is 2.19 bits per heavy atom. The van der Waals surface area contributed by atoms with E-state index in [4.69, 9.17) is 21.1 Å².